The summed E-state index contributed by atoms with van der Waals surface area (Å²) in [5.74, 6) is 3.56. The van der Waals surface area contributed by atoms with Gasteiger partial charge in [-0.2, -0.15) is 0 Å². The minimum absolute atomic E-state index is 0.202. The van der Waals surface area contributed by atoms with Gasteiger partial charge in [0.1, 0.15) is 5.75 Å². The summed E-state index contributed by atoms with van der Waals surface area (Å²) in [6.07, 6.45) is 5.38. The van der Waals surface area contributed by atoms with Crippen molar-refractivity contribution in [2.75, 3.05) is 13.7 Å². The van der Waals surface area contributed by atoms with Crippen LogP contribution < -0.4 is 4.74 Å². The van der Waals surface area contributed by atoms with Gasteiger partial charge in [0.05, 0.1) is 20.3 Å². The second-order valence-electron chi connectivity index (χ2n) is 4.37. The normalized spacial score (nSPS) is 10.9. The zero-order valence-electron chi connectivity index (χ0n) is 10.1. The molecule has 0 unspecified atom stereocenters. The minimum Gasteiger partial charge on any atom is -0.497 e. The van der Waals surface area contributed by atoms with Gasteiger partial charge in [-0.1, -0.05) is 18.1 Å². The van der Waals surface area contributed by atoms with Gasteiger partial charge >= 0.3 is 0 Å². The zero-order chi connectivity index (χ0) is 12.0. The summed E-state index contributed by atoms with van der Waals surface area (Å²) in [5, 5.41) is 0. The molecule has 0 saturated heterocycles. The summed E-state index contributed by atoms with van der Waals surface area (Å²) >= 11 is 0. The molecule has 0 N–H and O–H groups in total. The maximum atomic E-state index is 5.57. The SMILES string of the molecule is C#CC(C)(C)COCc1ccc(OC)cc1. The predicted octanol–water partition coefficient (Wildman–Crippen LogP) is 2.87. The molecule has 1 aromatic rings. The lowest BCUT2D eigenvalue weighted by molar-refractivity contribution is 0.0753. The molecule has 0 atom stereocenters. The van der Waals surface area contributed by atoms with Crippen molar-refractivity contribution in [3.63, 3.8) is 0 Å². The highest BCUT2D eigenvalue weighted by Crippen LogP contribution is 2.16. The molecule has 0 bridgehead atoms. The molecule has 2 heteroatoms. The van der Waals surface area contributed by atoms with E-state index in [-0.39, 0.29) is 5.41 Å². The Hall–Kier alpha value is -1.46. The third-order valence-electron chi connectivity index (χ3n) is 2.28. The van der Waals surface area contributed by atoms with Crippen LogP contribution in [0.15, 0.2) is 24.3 Å². The van der Waals surface area contributed by atoms with Gasteiger partial charge in [0.25, 0.3) is 0 Å². The summed E-state index contributed by atoms with van der Waals surface area (Å²) in [6, 6.07) is 7.82. The first-order chi connectivity index (χ1) is 7.57. The minimum atomic E-state index is -0.202. The van der Waals surface area contributed by atoms with E-state index in [4.69, 9.17) is 15.9 Å². The first kappa shape index (κ1) is 12.6. The molecule has 0 spiro atoms. The molecule has 2 nitrogen and oxygen atoms in total. The molecule has 0 aliphatic carbocycles. The molecule has 0 aliphatic heterocycles. The van der Waals surface area contributed by atoms with E-state index in [1.165, 1.54) is 0 Å². The number of hydrogen-bond acceptors (Lipinski definition) is 2. The number of rotatable bonds is 5. The summed E-state index contributed by atoms with van der Waals surface area (Å²) in [7, 11) is 1.65. The quantitative estimate of drug-likeness (QED) is 0.707. The molecule has 0 aromatic heterocycles. The lowest BCUT2D eigenvalue weighted by atomic mass is 9.97. The lowest BCUT2D eigenvalue weighted by Crippen LogP contribution is -2.16. The van der Waals surface area contributed by atoms with E-state index in [9.17, 15) is 0 Å². The van der Waals surface area contributed by atoms with Gasteiger partial charge in [0.2, 0.25) is 0 Å². The molecular formula is C14H18O2. The van der Waals surface area contributed by atoms with E-state index in [0.29, 0.717) is 13.2 Å². The van der Waals surface area contributed by atoms with Gasteiger partial charge in [0.15, 0.2) is 0 Å². The van der Waals surface area contributed by atoms with E-state index < -0.39 is 0 Å². The average molecular weight is 218 g/mol. The van der Waals surface area contributed by atoms with Crippen LogP contribution in [0.5, 0.6) is 5.75 Å². The van der Waals surface area contributed by atoms with Crippen LogP contribution in [0.2, 0.25) is 0 Å². The van der Waals surface area contributed by atoms with Crippen molar-refractivity contribution in [1.82, 2.24) is 0 Å². The van der Waals surface area contributed by atoms with Gasteiger partial charge < -0.3 is 9.47 Å². The van der Waals surface area contributed by atoms with Crippen LogP contribution in [0, 0.1) is 17.8 Å². The van der Waals surface area contributed by atoms with E-state index in [0.717, 1.165) is 11.3 Å². The molecule has 86 valence electrons. The highest BCUT2D eigenvalue weighted by molar-refractivity contribution is 5.26. The Balaban J connectivity index is 2.41. The van der Waals surface area contributed by atoms with E-state index in [2.05, 4.69) is 5.92 Å². The largest absolute Gasteiger partial charge is 0.497 e. The molecule has 0 saturated carbocycles. The Morgan fingerprint density at radius 3 is 2.38 bits per heavy atom. The number of methoxy groups -OCH3 is 1. The number of benzene rings is 1. The number of terminal acetylenes is 1. The fraction of sp³-hybridized carbons (Fsp3) is 0.429. The molecule has 0 amide bonds. The molecule has 0 heterocycles. The van der Waals surface area contributed by atoms with Crippen LogP contribution >= 0.6 is 0 Å². The number of ether oxygens (including phenoxy) is 2. The second kappa shape index (κ2) is 5.58. The van der Waals surface area contributed by atoms with Gasteiger partial charge in [-0.15, -0.1) is 6.42 Å². The standard InChI is InChI=1S/C14H18O2/c1-5-14(2,3)11-16-10-12-6-8-13(15-4)9-7-12/h1,6-9H,10-11H2,2-4H3. The van der Waals surface area contributed by atoms with Crippen LogP contribution in [0.1, 0.15) is 19.4 Å². The first-order valence-electron chi connectivity index (χ1n) is 5.26. The van der Waals surface area contributed by atoms with Crippen LogP contribution in [0.4, 0.5) is 0 Å². The Bertz CT molecular complexity index is 357. The third kappa shape index (κ3) is 3.96. The van der Waals surface area contributed by atoms with Crippen molar-refractivity contribution >= 4 is 0 Å². The van der Waals surface area contributed by atoms with Gasteiger partial charge in [-0.05, 0) is 31.5 Å². The first-order valence-corrected chi connectivity index (χ1v) is 5.26. The summed E-state index contributed by atoms with van der Waals surface area (Å²) in [4.78, 5) is 0. The van der Waals surface area contributed by atoms with Gasteiger partial charge in [-0.25, -0.2) is 0 Å². The second-order valence-corrected chi connectivity index (χ2v) is 4.37. The number of hydrogen-bond donors (Lipinski definition) is 0. The van der Waals surface area contributed by atoms with Crippen molar-refractivity contribution in [2.24, 2.45) is 5.41 Å². The van der Waals surface area contributed by atoms with Crippen molar-refractivity contribution in [1.29, 1.82) is 0 Å². The summed E-state index contributed by atoms with van der Waals surface area (Å²) in [5.41, 5.74) is 0.917. The molecular weight excluding hydrogens is 200 g/mol. The van der Waals surface area contributed by atoms with Crippen LogP contribution in [0.3, 0.4) is 0 Å². The lowest BCUT2D eigenvalue weighted by Gasteiger charge is -2.17. The zero-order valence-corrected chi connectivity index (χ0v) is 10.1. The van der Waals surface area contributed by atoms with Gasteiger partial charge in [0, 0.05) is 5.41 Å². The average Bonchev–Trinajstić information content (AvgIpc) is 2.30. The fourth-order valence-electron chi connectivity index (χ4n) is 1.19. The van der Waals surface area contributed by atoms with E-state index in [1.807, 2.05) is 38.1 Å². The highest BCUT2D eigenvalue weighted by atomic mass is 16.5. The van der Waals surface area contributed by atoms with Crippen LogP contribution in [-0.2, 0) is 11.3 Å². The van der Waals surface area contributed by atoms with Crippen molar-refractivity contribution < 1.29 is 9.47 Å². The third-order valence-corrected chi connectivity index (χ3v) is 2.28. The Morgan fingerprint density at radius 2 is 1.88 bits per heavy atom. The smallest absolute Gasteiger partial charge is 0.118 e. The summed E-state index contributed by atoms with van der Waals surface area (Å²) < 4.78 is 10.6. The van der Waals surface area contributed by atoms with E-state index in [1.54, 1.807) is 7.11 Å². The predicted molar refractivity (Wildman–Crippen MR) is 65.3 cm³/mol. The Kier molecular flexibility index (Phi) is 4.39. The van der Waals surface area contributed by atoms with Crippen LogP contribution in [-0.4, -0.2) is 13.7 Å². The molecule has 0 radical (unpaired) electrons. The maximum Gasteiger partial charge on any atom is 0.118 e. The van der Waals surface area contributed by atoms with Crippen molar-refractivity contribution in [2.45, 2.75) is 20.5 Å². The molecule has 0 fully saturated rings. The topological polar surface area (TPSA) is 18.5 Å². The maximum absolute atomic E-state index is 5.57. The fourth-order valence-corrected chi connectivity index (χ4v) is 1.19. The highest BCUT2D eigenvalue weighted by Gasteiger charge is 2.13. The van der Waals surface area contributed by atoms with E-state index >= 15 is 0 Å². The summed E-state index contributed by atoms with van der Waals surface area (Å²) in [6.45, 7) is 5.12. The molecule has 0 aliphatic rings. The van der Waals surface area contributed by atoms with Crippen LogP contribution in [0.25, 0.3) is 0 Å². The molecule has 16 heavy (non-hydrogen) atoms. The molecule has 1 aromatic carbocycles. The van der Waals surface area contributed by atoms with Gasteiger partial charge in [-0.3, -0.25) is 0 Å². The van der Waals surface area contributed by atoms with Crippen molar-refractivity contribution in [3.05, 3.63) is 29.8 Å². The Labute approximate surface area is 97.6 Å². The molecule has 1 rings (SSSR count). The monoisotopic (exact) mass is 218 g/mol. The Morgan fingerprint density at radius 1 is 1.25 bits per heavy atom. The van der Waals surface area contributed by atoms with Crippen molar-refractivity contribution in [3.8, 4) is 18.1 Å².